The lowest BCUT2D eigenvalue weighted by Crippen LogP contribution is -2.51. The number of anilines is 1. The number of amides is 2. The number of Topliss-reactive ketones (excluding diaryl/α,β-unsaturated/α-hetero) is 2. The van der Waals surface area contributed by atoms with E-state index >= 15 is 0 Å². The quantitative estimate of drug-likeness (QED) is 0.148. The standard InChI is InChI=1S/C26H15IN2O7/c27-14-7-5-13(6-8-14)21-19-20(26(36-21)22(30)17-3-1-2-4-18(17)23(26)31)25(33)28(24(19)32)15-9-11-16(12-10-15)29(34)35/h1-12,19-21H/t19-,20-,21+/m1/s1. The lowest BCUT2D eigenvalue weighted by molar-refractivity contribution is -0.384. The molecule has 3 atom stereocenters. The Morgan fingerprint density at radius 2 is 1.42 bits per heavy atom. The third kappa shape index (κ3) is 2.91. The van der Waals surface area contributed by atoms with Gasteiger partial charge in [-0.2, -0.15) is 0 Å². The molecule has 3 aromatic rings. The van der Waals surface area contributed by atoms with Crippen molar-refractivity contribution in [1.82, 2.24) is 0 Å². The lowest BCUT2D eigenvalue weighted by atomic mass is 9.77. The van der Waals surface area contributed by atoms with Crippen LogP contribution in [0.15, 0.2) is 72.8 Å². The van der Waals surface area contributed by atoms with Crippen LogP contribution < -0.4 is 4.90 Å². The second-order valence-corrected chi connectivity index (χ2v) is 10.1. The largest absolute Gasteiger partial charge is 0.349 e. The van der Waals surface area contributed by atoms with Gasteiger partial charge >= 0.3 is 0 Å². The molecule has 6 rings (SSSR count). The van der Waals surface area contributed by atoms with E-state index in [0.717, 1.165) is 8.47 Å². The fourth-order valence-electron chi connectivity index (χ4n) is 5.45. The van der Waals surface area contributed by atoms with Crippen LogP contribution in [0, 0.1) is 25.5 Å². The first-order valence-corrected chi connectivity index (χ1v) is 12.1. The maximum absolute atomic E-state index is 13.8. The molecule has 2 saturated heterocycles. The summed E-state index contributed by atoms with van der Waals surface area (Å²) >= 11 is 2.13. The molecule has 1 spiro atoms. The summed E-state index contributed by atoms with van der Waals surface area (Å²) in [6, 6.07) is 18.3. The molecule has 2 fully saturated rings. The molecule has 0 unspecified atom stereocenters. The molecule has 2 heterocycles. The average molecular weight is 594 g/mol. The molecule has 0 aromatic heterocycles. The predicted octanol–water partition coefficient (Wildman–Crippen LogP) is 3.89. The Labute approximate surface area is 217 Å². The van der Waals surface area contributed by atoms with Gasteiger partial charge in [-0.05, 0) is 52.4 Å². The van der Waals surface area contributed by atoms with E-state index in [1.54, 1.807) is 24.3 Å². The Kier molecular flexibility index (Phi) is 4.96. The highest BCUT2D eigenvalue weighted by molar-refractivity contribution is 14.1. The third-order valence-electron chi connectivity index (χ3n) is 7.04. The normalized spacial score (nSPS) is 23.9. The maximum Gasteiger partial charge on any atom is 0.269 e. The number of nitro benzene ring substituents is 1. The lowest BCUT2D eigenvalue weighted by Gasteiger charge is -2.27. The van der Waals surface area contributed by atoms with Crippen LogP contribution in [0.25, 0.3) is 0 Å². The number of nitrogens with zero attached hydrogens (tertiary/aromatic N) is 2. The number of carbonyl (C=O) groups excluding carboxylic acids is 4. The van der Waals surface area contributed by atoms with Crippen LogP contribution in [-0.2, 0) is 14.3 Å². The van der Waals surface area contributed by atoms with Crippen molar-refractivity contribution in [3.63, 3.8) is 0 Å². The minimum Gasteiger partial charge on any atom is -0.349 e. The van der Waals surface area contributed by atoms with Crippen molar-refractivity contribution in [2.45, 2.75) is 11.7 Å². The van der Waals surface area contributed by atoms with Crippen molar-refractivity contribution < 1.29 is 28.8 Å². The van der Waals surface area contributed by atoms with Gasteiger partial charge in [0.15, 0.2) is 0 Å². The fourth-order valence-corrected chi connectivity index (χ4v) is 5.81. The summed E-state index contributed by atoms with van der Waals surface area (Å²) in [4.78, 5) is 66.4. The third-order valence-corrected chi connectivity index (χ3v) is 7.76. The predicted molar refractivity (Wildman–Crippen MR) is 133 cm³/mol. The molecule has 0 radical (unpaired) electrons. The number of carbonyl (C=O) groups is 4. The highest BCUT2D eigenvalue weighted by Gasteiger charge is 2.74. The SMILES string of the molecule is O=C1[C@H]2[C@H](c3ccc(I)cc3)OC3(C(=O)c4ccccc4C3=O)[C@H]2C(=O)N1c1ccc([N+](=O)[O-])cc1. The zero-order chi connectivity index (χ0) is 25.4. The van der Waals surface area contributed by atoms with E-state index in [1.165, 1.54) is 36.4 Å². The minimum atomic E-state index is -2.16. The number of ether oxygens (including phenoxy) is 1. The molecular weight excluding hydrogens is 579 g/mol. The highest BCUT2D eigenvalue weighted by Crippen LogP contribution is 2.57. The van der Waals surface area contributed by atoms with Gasteiger partial charge in [-0.1, -0.05) is 36.4 Å². The highest BCUT2D eigenvalue weighted by atomic mass is 127. The first kappa shape index (κ1) is 22.7. The van der Waals surface area contributed by atoms with Crippen LogP contribution in [0.2, 0.25) is 0 Å². The van der Waals surface area contributed by atoms with Crippen molar-refractivity contribution in [2.75, 3.05) is 4.90 Å². The van der Waals surface area contributed by atoms with Gasteiger partial charge in [-0.25, -0.2) is 4.90 Å². The molecule has 1 aliphatic carbocycles. The Morgan fingerprint density at radius 3 is 1.97 bits per heavy atom. The summed E-state index contributed by atoms with van der Waals surface area (Å²) in [6.07, 6.45) is -1.02. The molecule has 3 aliphatic rings. The smallest absolute Gasteiger partial charge is 0.269 e. The Bertz CT molecular complexity index is 1460. The van der Waals surface area contributed by atoms with Crippen molar-refractivity contribution in [1.29, 1.82) is 0 Å². The topological polar surface area (TPSA) is 124 Å². The molecule has 0 bridgehead atoms. The Hall–Kier alpha value is -3.77. The monoisotopic (exact) mass is 594 g/mol. The van der Waals surface area contributed by atoms with Crippen LogP contribution >= 0.6 is 22.6 Å². The van der Waals surface area contributed by atoms with Gasteiger partial charge in [0.05, 0.1) is 28.6 Å². The Morgan fingerprint density at radius 1 is 0.833 bits per heavy atom. The first-order chi connectivity index (χ1) is 17.3. The van der Waals surface area contributed by atoms with Crippen LogP contribution in [0.4, 0.5) is 11.4 Å². The zero-order valence-corrected chi connectivity index (χ0v) is 20.4. The van der Waals surface area contributed by atoms with Gasteiger partial charge in [-0.3, -0.25) is 29.3 Å². The van der Waals surface area contributed by atoms with E-state index in [9.17, 15) is 29.3 Å². The van der Waals surface area contributed by atoms with Crippen molar-refractivity contribution in [2.24, 2.45) is 11.8 Å². The van der Waals surface area contributed by atoms with Crippen molar-refractivity contribution >= 4 is 57.3 Å². The van der Waals surface area contributed by atoms with Gasteiger partial charge in [0.2, 0.25) is 29.0 Å². The van der Waals surface area contributed by atoms with Gasteiger partial charge < -0.3 is 4.74 Å². The average Bonchev–Trinajstić information content (AvgIpc) is 3.44. The van der Waals surface area contributed by atoms with Crippen LogP contribution in [0.1, 0.15) is 32.4 Å². The molecule has 2 amide bonds. The van der Waals surface area contributed by atoms with Crippen molar-refractivity contribution in [3.05, 3.63) is 103 Å². The van der Waals surface area contributed by atoms with Crippen molar-refractivity contribution in [3.8, 4) is 0 Å². The van der Waals surface area contributed by atoms with E-state index in [-0.39, 0.29) is 22.5 Å². The number of halogens is 1. The van der Waals surface area contributed by atoms with E-state index in [1.807, 2.05) is 12.1 Å². The number of nitro groups is 1. The number of rotatable bonds is 3. The molecule has 10 heteroatoms. The number of ketones is 2. The van der Waals surface area contributed by atoms with E-state index in [2.05, 4.69) is 22.6 Å². The molecule has 178 valence electrons. The molecule has 0 saturated carbocycles. The fraction of sp³-hybridized carbons (Fsp3) is 0.154. The van der Waals surface area contributed by atoms with Crippen LogP contribution in [0.5, 0.6) is 0 Å². The summed E-state index contributed by atoms with van der Waals surface area (Å²) < 4.78 is 7.16. The zero-order valence-electron chi connectivity index (χ0n) is 18.3. The summed E-state index contributed by atoms with van der Waals surface area (Å²) in [7, 11) is 0. The molecule has 9 nitrogen and oxygen atoms in total. The summed E-state index contributed by atoms with van der Waals surface area (Å²) in [5, 5.41) is 11.1. The summed E-state index contributed by atoms with van der Waals surface area (Å²) in [5.74, 6) is -5.17. The first-order valence-electron chi connectivity index (χ1n) is 11.0. The number of non-ortho nitro benzene ring substituents is 1. The van der Waals surface area contributed by atoms with Gasteiger partial charge in [-0.15, -0.1) is 0 Å². The maximum atomic E-state index is 13.8. The molecular formula is C26H15IN2O7. The molecule has 2 aliphatic heterocycles. The molecule has 3 aromatic carbocycles. The van der Waals surface area contributed by atoms with Crippen LogP contribution in [-0.4, -0.2) is 33.9 Å². The van der Waals surface area contributed by atoms with Gasteiger partial charge in [0.1, 0.15) is 0 Å². The van der Waals surface area contributed by atoms with E-state index in [0.29, 0.717) is 5.56 Å². The summed E-state index contributed by atoms with van der Waals surface area (Å²) in [6.45, 7) is 0. The number of imide groups is 1. The van der Waals surface area contributed by atoms with Crippen LogP contribution in [0.3, 0.4) is 0 Å². The summed E-state index contributed by atoms with van der Waals surface area (Å²) in [5.41, 5.74) is -1.38. The van der Waals surface area contributed by atoms with Gasteiger partial charge in [0.25, 0.3) is 5.69 Å². The van der Waals surface area contributed by atoms with Gasteiger partial charge in [0, 0.05) is 26.8 Å². The number of benzene rings is 3. The number of hydrogen-bond donors (Lipinski definition) is 0. The second-order valence-electron chi connectivity index (χ2n) is 8.82. The molecule has 36 heavy (non-hydrogen) atoms. The van der Waals surface area contributed by atoms with E-state index < -0.39 is 51.8 Å². The number of hydrogen-bond acceptors (Lipinski definition) is 7. The Balaban J connectivity index is 1.51. The number of fused-ring (bicyclic) bond motifs is 3. The minimum absolute atomic E-state index is 0.122. The molecule has 0 N–H and O–H groups in total. The van der Waals surface area contributed by atoms with E-state index in [4.69, 9.17) is 4.74 Å². The second kappa shape index (κ2) is 7.87.